The molecular formula is C16H15FO3S. The van der Waals surface area contributed by atoms with E-state index >= 15 is 0 Å². The number of benzene rings is 2. The van der Waals surface area contributed by atoms with Crippen molar-refractivity contribution < 1.29 is 18.1 Å². The Kier molecular flexibility index (Phi) is 5.22. The summed E-state index contributed by atoms with van der Waals surface area (Å²) in [5.41, 5.74) is 0.328. The number of rotatable bonds is 6. The predicted octanol–water partition coefficient (Wildman–Crippen LogP) is 2.75. The minimum atomic E-state index is -1.43. The first kappa shape index (κ1) is 15.4. The molecule has 1 atom stereocenters. The van der Waals surface area contributed by atoms with Crippen LogP contribution in [0.1, 0.15) is 5.56 Å². The molecule has 0 heterocycles. The Labute approximate surface area is 125 Å². The minimum Gasteiger partial charge on any atom is -0.497 e. The molecule has 0 aliphatic carbocycles. The zero-order valence-corrected chi connectivity index (χ0v) is 12.4. The number of ether oxygens (including phenoxy) is 1. The Morgan fingerprint density at radius 2 is 1.81 bits per heavy atom. The van der Waals surface area contributed by atoms with Gasteiger partial charge in [-0.25, -0.2) is 4.39 Å². The van der Waals surface area contributed by atoms with E-state index < -0.39 is 16.6 Å². The Morgan fingerprint density at radius 1 is 1.14 bits per heavy atom. The maximum atomic E-state index is 13.5. The average molecular weight is 306 g/mol. The van der Waals surface area contributed by atoms with Crippen molar-refractivity contribution in [1.29, 1.82) is 0 Å². The van der Waals surface area contributed by atoms with Crippen LogP contribution in [0.3, 0.4) is 0 Å². The molecule has 2 rings (SSSR count). The molecule has 0 aromatic heterocycles. The SMILES string of the molecule is COc1ccc(S(=O)CC(=O)Cc2ccccc2F)cc1. The second-order valence-electron chi connectivity index (χ2n) is 4.47. The van der Waals surface area contributed by atoms with Crippen molar-refractivity contribution in [3.63, 3.8) is 0 Å². The lowest BCUT2D eigenvalue weighted by atomic mass is 10.1. The van der Waals surface area contributed by atoms with E-state index in [2.05, 4.69) is 0 Å². The average Bonchev–Trinajstić information content (AvgIpc) is 2.49. The second kappa shape index (κ2) is 7.13. The molecule has 2 aromatic rings. The lowest BCUT2D eigenvalue weighted by Crippen LogP contribution is -2.14. The third-order valence-corrected chi connectivity index (χ3v) is 4.34. The molecule has 0 saturated heterocycles. The molecule has 0 aliphatic rings. The summed E-state index contributed by atoms with van der Waals surface area (Å²) in [7, 11) is 0.114. The number of hydrogen-bond donors (Lipinski definition) is 0. The molecule has 0 fully saturated rings. The number of halogens is 1. The maximum Gasteiger partial charge on any atom is 0.150 e. The van der Waals surface area contributed by atoms with Crippen LogP contribution in [0, 0.1) is 5.82 Å². The van der Waals surface area contributed by atoms with Gasteiger partial charge in [0.2, 0.25) is 0 Å². The van der Waals surface area contributed by atoms with Crippen LogP contribution in [-0.2, 0) is 22.0 Å². The quantitative estimate of drug-likeness (QED) is 0.824. The lowest BCUT2D eigenvalue weighted by Gasteiger charge is -2.05. The first-order chi connectivity index (χ1) is 10.1. The summed E-state index contributed by atoms with van der Waals surface area (Å²) in [6.07, 6.45) is -0.0471. The van der Waals surface area contributed by atoms with E-state index in [0.29, 0.717) is 16.2 Å². The van der Waals surface area contributed by atoms with Gasteiger partial charge in [0.15, 0.2) is 0 Å². The van der Waals surface area contributed by atoms with Gasteiger partial charge in [-0.15, -0.1) is 0 Å². The maximum absolute atomic E-state index is 13.5. The van der Waals surface area contributed by atoms with Gasteiger partial charge in [0.05, 0.1) is 23.7 Å². The topological polar surface area (TPSA) is 43.4 Å². The summed E-state index contributed by atoms with van der Waals surface area (Å²) in [5, 5.41) is 0. The van der Waals surface area contributed by atoms with Crippen LogP contribution in [0.25, 0.3) is 0 Å². The van der Waals surface area contributed by atoms with Crippen molar-refractivity contribution in [3.8, 4) is 5.75 Å². The van der Waals surface area contributed by atoms with Crippen LogP contribution in [-0.4, -0.2) is 22.9 Å². The van der Waals surface area contributed by atoms with Gasteiger partial charge in [-0.3, -0.25) is 9.00 Å². The highest BCUT2D eigenvalue weighted by molar-refractivity contribution is 7.85. The van der Waals surface area contributed by atoms with Crippen LogP contribution < -0.4 is 4.74 Å². The van der Waals surface area contributed by atoms with Gasteiger partial charge in [0, 0.05) is 11.3 Å². The number of carbonyl (C=O) groups excluding carboxylic acids is 1. The van der Waals surface area contributed by atoms with Crippen molar-refractivity contribution in [2.75, 3.05) is 12.9 Å². The largest absolute Gasteiger partial charge is 0.497 e. The summed E-state index contributed by atoms with van der Waals surface area (Å²) >= 11 is 0. The molecule has 0 amide bonds. The summed E-state index contributed by atoms with van der Waals surface area (Å²) in [5.74, 6) is -0.135. The molecule has 110 valence electrons. The Morgan fingerprint density at radius 3 is 2.43 bits per heavy atom. The number of hydrogen-bond acceptors (Lipinski definition) is 3. The lowest BCUT2D eigenvalue weighted by molar-refractivity contribution is -0.116. The fourth-order valence-electron chi connectivity index (χ4n) is 1.86. The van der Waals surface area contributed by atoms with Crippen molar-refractivity contribution >= 4 is 16.6 Å². The molecule has 0 bridgehead atoms. The third-order valence-electron chi connectivity index (χ3n) is 2.96. The summed E-state index contributed by atoms with van der Waals surface area (Å²) in [6.45, 7) is 0. The molecule has 0 radical (unpaired) electrons. The van der Waals surface area contributed by atoms with Crippen LogP contribution in [0.2, 0.25) is 0 Å². The molecule has 0 aliphatic heterocycles. The standard InChI is InChI=1S/C16H15FO3S/c1-20-14-6-8-15(9-7-14)21(19)11-13(18)10-12-4-2-3-5-16(12)17/h2-9H,10-11H2,1H3. The molecule has 5 heteroatoms. The van der Waals surface area contributed by atoms with E-state index in [-0.39, 0.29) is 18.0 Å². The van der Waals surface area contributed by atoms with Gasteiger partial charge in [-0.1, -0.05) is 18.2 Å². The van der Waals surface area contributed by atoms with Gasteiger partial charge in [0.25, 0.3) is 0 Å². The van der Waals surface area contributed by atoms with Crippen molar-refractivity contribution in [3.05, 3.63) is 59.9 Å². The van der Waals surface area contributed by atoms with Crippen LogP contribution in [0.15, 0.2) is 53.4 Å². The second-order valence-corrected chi connectivity index (χ2v) is 5.92. The predicted molar refractivity (Wildman–Crippen MR) is 79.4 cm³/mol. The molecular weight excluding hydrogens is 291 g/mol. The molecule has 21 heavy (non-hydrogen) atoms. The van der Waals surface area contributed by atoms with Gasteiger partial charge in [-0.2, -0.15) is 0 Å². The number of carbonyl (C=O) groups is 1. The van der Waals surface area contributed by atoms with E-state index in [0.717, 1.165) is 0 Å². The summed E-state index contributed by atoms with van der Waals surface area (Å²) in [6, 6.07) is 12.8. The van der Waals surface area contributed by atoms with Gasteiger partial charge >= 0.3 is 0 Å². The van der Waals surface area contributed by atoms with Gasteiger partial charge < -0.3 is 4.74 Å². The fraction of sp³-hybridized carbons (Fsp3) is 0.188. The molecule has 3 nitrogen and oxygen atoms in total. The normalized spacial score (nSPS) is 11.9. The first-order valence-electron chi connectivity index (χ1n) is 6.37. The van der Waals surface area contributed by atoms with Crippen LogP contribution in [0.4, 0.5) is 4.39 Å². The van der Waals surface area contributed by atoms with E-state index in [1.807, 2.05) is 0 Å². The van der Waals surface area contributed by atoms with Gasteiger partial charge in [0.1, 0.15) is 17.3 Å². The monoisotopic (exact) mass is 306 g/mol. The minimum absolute atomic E-state index is 0.0471. The smallest absolute Gasteiger partial charge is 0.150 e. The Hall–Kier alpha value is -2.01. The van der Waals surface area contributed by atoms with E-state index in [1.165, 1.54) is 6.07 Å². The van der Waals surface area contributed by atoms with Crippen LogP contribution >= 0.6 is 0 Å². The summed E-state index contributed by atoms with van der Waals surface area (Å²) in [4.78, 5) is 12.4. The number of Topliss-reactive ketones (excluding diaryl/α,β-unsaturated/α-hetero) is 1. The van der Waals surface area contributed by atoms with E-state index in [1.54, 1.807) is 49.6 Å². The highest BCUT2D eigenvalue weighted by Crippen LogP contribution is 2.15. The van der Waals surface area contributed by atoms with E-state index in [9.17, 15) is 13.4 Å². The van der Waals surface area contributed by atoms with Crippen molar-refractivity contribution in [2.45, 2.75) is 11.3 Å². The zero-order valence-electron chi connectivity index (χ0n) is 11.5. The molecule has 1 unspecified atom stereocenters. The molecule has 0 saturated carbocycles. The third kappa shape index (κ3) is 4.23. The number of ketones is 1. The van der Waals surface area contributed by atoms with Gasteiger partial charge in [-0.05, 0) is 35.9 Å². The van der Waals surface area contributed by atoms with Crippen LogP contribution in [0.5, 0.6) is 5.75 Å². The Bertz CT molecular complexity index is 653. The number of methoxy groups -OCH3 is 1. The molecule has 0 N–H and O–H groups in total. The molecule has 2 aromatic carbocycles. The Balaban J connectivity index is 1.98. The zero-order chi connectivity index (χ0) is 15.2. The molecule has 0 spiro atoms. The highest BCUT2D eigenvalue weighted by atomic mass is 32.2. The van der Waals surface area contributed by atoms with Crippen molar-refractivity contribution in [1.82, 2.24) is 0 Å². The first-order valence-corrected chi connectivity index (χ1v) is 7.69. The van der Waals surface area contributed by atoms with Crippen molar-refractivity contribution in [2.24, 2.45) is 0 Å². The summed E-state index contributed by atoms with van der Waals surface area (Å²) < 4.78 is 30.6. The highest BCUT2D eigenvalue weighted by Gasteiger charge is 2.13. The fourth-order valence-corrected chi connectivity index (χ4v) is 2.86. The van der Waals surface area contributed by atoms with E-state index in [4.69, 9.17) is 4.74 Å².